The molecule has 1 aromatic carbocycles. The molecule has 0 spiro atoms. The molecule has 31 heavy (non-hydrogen) atoms. The third-order valence-corrected chi connectivity index (χ3v) is 5.23. The van der Waals surface area contributed by atoms with Gasteiger partial charge in [0, 0.05) is 25.6 Å². The third-order valence-electron chi connectivity index (χ3n) is 5.23. The fourth-order valence-electron chi connectivity index (χ4n) is 3.64. The Balaban J connectivity index is 1.65. The molecular formula is C20H24N6O5. The first-order chi connectivity index (χ1) is 15.0. The molecule has 4 rings (SSSR count). The molecule has 1 atom stereocenters. The molecule has 0 bridgehead atoms. The van der Waals surface area contributed by atoms with Gasteiger partial charge >= 0.3 is 0 Å². The van der Waals surface area contributed by atoms with Crippen LogP contribution >= 0.6 is 0 Å². The second-order valence-electron chi connectivity index (χ2n) is 7.13. The molecule has 0 unspecified atom stereocenters. The van der Waals surface area contributed by atoms with Crippen LogP contribution in [0.1, 0.15) is 17.9 Å². The van der Waals surface area contributed by atoms with Gasteiger partial charge in [-0.25, -0.2) is 0 Å². The zero-order valence-electron chi connectivity index (χ0n) is 17.3. The van der Waals surface area contributed by atoms with Crippen LogP contribution in [-0.4, -0.2) is 62.3 Å². The number of benzene rings is 1. The minimum atomic E-state index is -0.849. The molecule has 0 saturated carbocycles. The number of nitrogens with zero attached hydrogens (tertiary/aromatic N) is 3. The Hall–Kier alpha value is -3.60. The van der Waals surface area contributed by atoms with Crippen LogP contribution in [0.4, 0.5) is 23.3 Å². The van der Waals surface area contributed by atoms with E-state index in [0.717, 1.165) is 0 Å². The van der Waals surface area contributed by atoms with Crippen molar-refractivity contribution in [1.29, 1.82) is 0 Å². The highest BCUT2D eigenvalue weighted by Gasteiger charge is 2.35. The van der Waals surface area contributed by atoms with Gasteiger partial charge in [0.05, 0.1) is 44.6 Å². The lowest BCUT2D eigenvalue weighted by Crippen LogP contribution is -2.38. The van der Waals surface area contributed by atoms with Crippen molar-refractivity contribution in [3.8, 4) is 11.5 Å². The summed E-state index contributed by atoms with van der Waals surface area (Å²) in [6.07, 6.45) is -0.0738. The van der Waals surface area contributed by atoms with Gasteiger partial charge < -0.3 is 35.5 Å². The average Bonchev–Trinajstić information content (AvgIpc) is 2.78. The van der Waals surface area contributed by atoms with E-state index < -0.39 is 11.8 Å². The highest BCUT2D eigenvalue weighted by atomic mass is 16.5. The second kappa shape index (κ2) is 8.64. The summed E-state index contributed by atoms with van der Waals surface area (Å²) in [5, 5.41) is 5.53. The summed E-state index contributed by atoms with van der Waals surface area (Å²) in [5.41, 5.74) is 7.05. The Labute approximate surface area is 178 Å². The number of morpholine rings is 1. The van der Waals surface area contributed by atoms with E-state index in [1.165, 1.54) is 14.2 Å². The number of aromatic nitrogens is 2. The lowest BCUT2D eigenvalue weighted by Gasteiger charge is -2.30. The minimum absolute atomic E-state index is 0.0738. The Morgan fingerprint density at radius 2 is 2.03 bits per heavy atom. The number of anilines is 4. The molecule has 164 valence electrons. The SMILES string of the molecule is COc1ccc(OC)c(NC(=O)[C@@H]2CC(=O)Nc3nc(N4CCOCC4)nc(N)c32)c1. The number of carbonyl (C=O) groups excluding carboxylic acids is 2. The normalized spacial score (nSPS) is 18.1. The van der Waals surface area contributed by atoms with Gasteiger partial charge in [0.2, 0.25) is 17.8 Å². The van der Waals surface area contributed by atoms with Crippen molar-refractivity contribution in [1.82, 2.24) is 9.97 Å². The minimum Gasteiger partial charge on any atom is -0.497 e. The van der Waals surface area contributed by atoms with Crippen LogP contribution in [0.25, 0.3) is 0 Å². The summed E-state index contributed by atoms with van der Waals surface area (Å²) in [4.78, 5) is 36.3. The molecule has 4 N–H and O–H groups in total. The number of carbonyl (C=O) groups is 2. The van der Waals surface area contributed by atoms with Crippen LogP contribution in [-0.2, 0) is 14.3 Å². The second-order valence-corrected chi connectivity index (χ2v) is 7.13. The molecular weight excluding hydrogens is 404 g/mol. The molecule has 1 saturated heterocycles. The molecule has 2 aromatic rings. The molecule has 1 fully saturated rings. The van der Waals surface area contributed by atoms with E-state index in [2.05, 4.69) is 20.6 Å². The van der Waals surface area contributed by atoms with Crippen LogP contribution < -0.4 is 30.7 Å². The maximum absolute atomic E-state index is 13.2. The van der Waals surface area contributed by atoms with Gasteiger partial charge in [-0.1, -0.05) is 0 Å². The van der Waals surface area contributed by atoms with Gasteiger partial charge in [-0.2, -0.15) is 9.97 Å². The fraction of sp³-hybridized carbons (Fsp3) is 0.400. The van der Waals surface area contributed by atoms with Crippen molar-refractivity contribution in [2.45, 2.75) is 12.3 Å². The third kappa shape index (κ3) is 4.17. The Morgan fingerprint density at radius 1 is 1.26 bits per heavy atom. The van der Waals surface area contributed by atoms with Gasteiger partial charge in [-0.15, -0.1) is 0 Å². The van der Waals surface area contributed by atoms with Crippen LogP contribution in [0.3, 0.4) is 0 Å². The average molecular weight is 428 g/mol. The Kier molecular flexibility index (Phi) is 5.76. The molecule has 11 nitrogen and oxygen atoms in total. The lowest BCUT2D eigenvalue weighted by atomic mass is 9.91. The van der Waals surface area contributed by atoms with Crippen molar-refractivity contribution in [3.05, 3.63) is 23.8 Å². The number of methoxy groups -OCH3 is 2. The predicted octanol–water partition coefficient (Wildman–Crippen LogP) is 0.977. The number of rotatable bonds is 5. The standard InChI is InChI=1S/C20H24N6O5/c1-29-11-3-4-14(30-2)13(9-11)22-19(28)12-10-15(27)23-18-16(12)17(21)24-20(25-18)26-5-7-31-8-6-26/h3-4,9,12H,5-8,10H2,1-2H3,(H,22,28)(H3,21,23,24,25,27)/t12-/m1/s1. The van der Waals surface area contributed by atoms with Gasteiger partial charge in [-0.3, -0.25) is 9.59 Å². The predicted molar refractivity (Wildman–Crippen MR) is 114 cm³/mol. The lowest BCUT2D eigenvalue weighted by molar-refractivity contribution is -0.123. The van der Waals surface area contributed by atoms with Crippen LogP contribution in [0, 0.1) is 0 Å². The number of nitrogen functional groups attached to an aromatic ring is 1. The maximum Gasteiger partial charge on any atom is 0.232 e. The van der Waals surface area contributed by atoms with Crippen molar-refractivity contribution in [2.75, 3.05) is 61.8 Å². The quantitative estimate of drug-likeness (QED) is 0.635. The van der Waals surface area contributed by atoms with Crippen LogP contribution in [0.5, 0.6) is 11.5 Å². The zero-order valence-corrected chi connectivity index (χ0v) is 17.3. The Morgan fingerprint density at radius 3 is 2.74 bits per heavy atom. The van der Waals surface area contributed by atoms with Gasteiger partial charge in [0.25, 0.3) is 0 Å². The summed E-state index contributed by atoms with van der Waals surface area (Å²) in [6, 6.07) is 5.04. The van der Waals surface area contributed by atoms with E-state index in [-0.39, 0.29) is 24.0 Å². The van der Waals surface area contributed by atoms with Gasteiger partial charge in [-0.05, 0) is 12.1 Å². The van der Waals surface area contributed by atoms with E-state index in [9.17, 15) is 9.59 Å². The van der Waals surface area contributed by atoms with E-state index in [4.69, 9.17) is 19.9 Å². The molecule has 2 aliphatic heterocycles. The molecule has 1 aromatic heterocycles. The van der Waals surface area contributed by atoms with Gasteiger partial charge in [0.15, 0.2) is 0 Å². The van der Waals surface area contributed by atoms with E-state index in [0.29, 0.717) is 55.0 Å². The first kappa shape index (κ1) is 20.7. The molecule has 2 amide bonds. The summed E-state index contributed by atoms with van der Waals surface area (Å²) < 4.78 is 15.9. The molecule has 2 aliphatic rings. The van der Waals surface area contributed by atoms with E-state index in [1.54, 1.807) is 18.2 Å². The van der Waals surface area contributed by atoms with Gasteiger partial charge in [0.1, 0.15) is 23.1 Å². The topological polar surface area (TPSA) is 141 Å². The van der Waals surface area contributed by atoms with Crippen molar-refractivity contribution in [3.63, 3.8) is 0 Å². The summed E-state index contributed by atoms with van der Waals surface area (Å²) in [5.74, 6) is 0.229. The largest absolute Gasteiger partial charge is 0.497 e. The molecule has 0 aliphatic carbocycles. The first-order valence-corrected chi connectivity index (χ1v) is 9.83. The number of ether oxygens (including phenoxy) is 3. The Bertz CT molecular complexity index is 1010. The molecule has 0 radical (unpaired) electrons. The summed E-state index contributed by atoms with van der Waals surface area (Å²) in [7, 11) is 3.03. The summed E-state index contributed by atoms with van der Waals surface area (Å²) >= 11 is 0. The first-order valence-electron chi connectivity index (χ1n) is 9.83. The number of nitrogens with two attached hydrogens (primary N) is 1. The maximum atomic E-state index is 13.2. The highest BCUT2D eigenvalue weighted by Crippen LogP contribution is 2.38. The number of amides is 2. The number of hydrogen-bond acceptors (Lipinski definition) is 9. The van der Waals surface area contributed by atoms with Crippen molar-refractivity contribution in [2.24, 2.45) is 0 Å². The smallest absolute Gasteiger partial charge is 0.232 e. The number of fused-ring (bicyclic) bond motifs is 1. The van der Waals surface area contributed by atoms with Crippen LogP contribution in [0.15, 0.2) is 18.2 Å². The van der Waals surface area contributed by atoms with E-state index in [1.807, 2.05) is 4.90 Å². The van der Waals surface area contributed by atoms with Crippen molar-refractivity contribution < 1.29 is 23.8 Å². The zero-order chi connectivity index (χ0) is 22.0. The highest BCUT2D eigenvalue weighted by molar-refractivity contribution is 6.06. The van der Waals surface area contributed by atoms with Crippen molar-refractivity contribution >= 4 is 35.1 Å². The fourth-order valence-corrected chi connectivity index (χ4v) is 3.64. The number of hydrogen-bond donors (Lipinski definition) is 3. The summed E-state index contributed by atoms with van der Waals surface area (Å²) in [6.45, 7) is 2.34. The monoisotopic (exact) mass is 428 g/mol. The number of nitrogens with one attached hydrogen (secondary N) is 2. The molecule has 3 heterocycles. The van der Waals surface area contributed by atoms with Crippen LogP contribution in [0.2, 0.25) is 0 Å². The van der Waals surface area contributed by atoms with E-state index >= 15 is 0 Å². The molecule has 11 heteroatoms.